The quantitative estimate of drug-likeness (QED) is 0.519. The number of nitro benzene ring substituents is 1. The Hall–Kier alpha value is -2.65. The Bertz CT molecular complexity index is 922. The van der Waals surface area contributed by atoms with Crippen LogP contribution in [0.2, 0.25) is 10.0 Å². The van der Waals surface area contributed by atoms with E-state index in [1.807, 2.05) is 0 Å². The number of halogens is 2. The summed E-state index contributed by atoms with van der Waals surface area (Å²) in [7, 11) is 0. The van der Waals surface area contributed by atoms with Gasteiger partial charge in [0.25, 0.3) is 5.69 Å². The van der Waals surface area contributed by atoms with Crippen LogP contribution in [0.3, 0.4) is 0 Å². The number of aliphatic hydroxyl groups excluding tert-OH is 2. The van der Waals surface area contributed by atoms with Crippen molar-refractivity contribution in [3.05, 3.63) is 74.6 Å². The largest absolute Gasteiger partial charge is 0.545 e. The van der Waals surface area contributed by atoms with Gasteiger partial charge in [-0.25, -0.2) is 0 Å². The van der Waals surface area contributed by atoms with E-state index >= 15 is 0 Å². The molecule has 1 aliphatic carbocycles. The summed E-state index contributed by atoms with van der Waals surface area (Å²) >= 11 is 11.7. The van der Waals surface area contributed by atoms with Gasteiger partial charge in [0.1, 0.15) is 17.2 Å². The predicted octanol–water partition coefficient (Wildman–Crippen LogP) is 1.85. The van der Waals surface area contributed by atoms with Crippen molar-refractivity contribution >= 4 is 34.9 Å². The molecule has 0 aliphatic heterocycles. The minimum Gasteiger partial charge on any atom is -0.545 e. The molecule has 142 valence electrons. The minimum atomic E-state index is -1.46. The molecule has 1 aliphatic rings. The summed E-state index contributed by atoms with van der Waals surface area (Å²) in [5, 5.41) is 39.6. The molecule has 3 rings (SSSR count). The van der Waals surface area contributed by atoms with Gasteiger partial charge < -0.3 is 25.1 Å². The number of H-pyrrole nitrogens is 1. The van der Waals surface area contributed by atoms with Crippen LogP contribution in [0.4, 0.5) is 5.69 Å². The highest BCUT2D eigenvalue weighted by molar-refractivity contribution is 6.35. The first-order valence-corrected chi connectivity index (χ1v) is 8.21. The van der Waals surface area contributed by atoms with E-state index in [1.165, 1.54) is 24.3 Å². The number of aliphatic hydroxyl groups is 2. The van der Waals surface area contributed by atoms with E-state index in [0.29, 0.717) is 16.1 Å². The van der Waals surface area contributed by atoms with Crippen molar-refractivity contribution < 1.29 is 25.0 Å². The zero-order valence-electron chi connectivity index (χ0n) is 13.5. The average molecular weight is 412 g/mol. The number of nitro groups is 1. The highest BCUT2D eigenvalue weighted by Gasteiger charge is 2.22. The van der Waals surface area contributed by atoms with Gasteiger partial charge in [0.2, 0.25) is 0 Å². The van der Waals surface area contributed by atoms with Gasteiger partial charge in [0.05, 0.1) is 21.5 Å². The van der Waals surface area contributed by atoms with Crippen LogP contribution >= 0.6 is 23.2 Å². The highest BCUT2D eigenvalue weighted by atomic mass is 35.5. The Balaban J connectivity index is 0.000000208. The number of carbonyl (C=O) groups excluding carboxylic acids is 1. The molecule has 3 N–H and O–H groups in total. The number of carboxylic acids is 1. The summed E-state index contributed by atoms with van der Waals surface area (Å²) in [6, 6.07) is 4.73. The van der Waals surface area contributed by atoms with Crippen molar-refractivity contribution in [2.24, 2.45) is 0 Å². The highest BCUT2D eigenvalue weighted by Crippen LogP contribution is 2.38. The Morgan fingerprint density at radius 1 is 1.15 bits per heavy atom. The molecule has 0 bridgehead atoms. The number of rotatable bonds is 3. The van der Waals surface area contributed by atoms with Crippen molar-refractivity contribution in [2.75, 3.05) is 0 Å². The van der Waals surface area contributed by atoms with E-state index in [2.05, 4.69) is 4.98 Å². The zero-order valence-corrected chi connectivity index (χ0v) is 15.0. The first kappa shape index (κ1) is 20.7. The molecular weight excluding hydrogens is 399 g/mol. The molecule has 8 nitrogen and oxygen atoms in total. The molecule has 0 radical (unpaired) electrons. The van der Waals surface area contributed by atoms with Gasteiger partial charge in [-0.15, -0.1) is 0 Å². The normalized spacial score (nSPS) is 18.3. The molecule has 2 atom stereocenters. The Morgan fingerprint density at radius 3 is 2.37 bits per heavy atom. The van der Waals surface area contributed by atoms with E-state index in [1.54, 1.807) is 24.5 Å². The SMILES string of the molecule is O=C([O-])C1=CC=CC(O)C1O.O=[N+]([O-])c1c(Cl)cccc1-c1c[nH]cc1Cl. The van der Waals surface area contributed by atoms with E-state index in [-0.39, 0.29) is 16.3 Å². The number of allylic oxidation sites excluding steroid dienone is 2. The monoisotopic (exact) mass is 411 g/mol. The van der Waals surface area contributed by atoms with Crippen LogP contribution in [-0.2, 0) is 4.79 Å². The molecule has 0 saturated carbocycles. The number of hydrogen-bond acceptors (Lipinski definition) is 6. The van der Waals surface area contributed by atoms with Crippen molar-refractivity contribution in [3.63, 3.8) is 0 Å². The molecule has 27 heavy (non-hydrogen) atoms. The predicted molar refractivity (Wildman–Crippen MR) is 97.1 cm³/mol. The maximum atomic E-state index is 10.9. The molecular formula is C17H13Cl2N2O6-. The summed E-state index contributed by atoms with van der Waals surface area (Å²) < 4.78 is 0. The Labute approximate surface area is 163 Å². The first-order valence-electron chi connectivity index (χ1n) is 7.45. The van der Waals surface area contributed by atoms with Crippen LogP contribution in [0, 0.1) is 10.1 Å². The second-order valence-electron chi connectivity index (χ2n) is 5.34. The molecule has 0 saturated heterocycles. The molecule has 2 unspecified atom stereocenters. The average Bonchev–Trinajstić information content (AvgIpc) is 3.03. The summed E-state index contributed by atoms with van der Waals surface area (Å²) in [4.78, 5) is 23.4. The fourth-order valence-corrected chi connectivity index (χ4v) is 2.78. The van der Waals surface area contributed by atoms with Crippen LogP contribution in [0.1, 0.15) is 0 Å². The van der Waals surface area contributed by atoms with Crippen LogP contribution in [0.5, 0.6) is 0 Å². The van der Waals surface area contributed by atoms with Crippen molar-refractivity contribution in [2.45, 2.75) is 12.2 Å². The number of nitrogens with zero attached hydrogens (tertiary/aromatic N) is 1. The Kier molecular flexibility index (Phi) is 6.75. The lowest BCUT2D eigenvalue weighted by Crippen LogP contribution is -2.37. The fourth-order valence-electron chi connectivity index (χ4n) is 2.32. The maximum Gasteiger partial charge on any atom is 0.295 e. The lowest BCUT2D eigenvalue weighted by atomic mass is 10.00. The van der Waals surface area contributed by atoms with Crippen LogP contribution in [0.25, 0.3) is 11.1 Å². The van der Waals surface area contributed by atoms with Gasteiger partial charge >= 0.3 is 0 Å². The number of hydrogen-bond donors (Lipinski definition) is 3. The van der Waals surface area contributed by atoms with Gasteiger partial charge in [-0.05, 0) is 12.1 Å². The van der Waals surface area contributed by atoms with E-state index in [0.717, 1.165) is 0 Å². The molecule has 1 heterocycles. The van der Waals surface area contributed by atoms with Crippen molar-refractivity contribution in [1.29, 1.82) is 0 Å². The zero-order chi connectivity index (χ0) is 20.1. The third kappa shape index (κ3) is 4.75. The summed E-state index contributed by atoms with van der Waals surface area (Å²) in [6.45, 7) is 0. The van der Waals surface area contributed by atoms with Gasteiger partial charge in [0, 0.05) is 23.5 Å². The lowest BCUT2D eigenvalue weighted by Gasteiger charge is -2.21. The number of aromatic amines is 1. The van der Waals surface area contributed by atoms with Gasteiger partial charge in [-0.3, -0.25) is 10.1 Å². The molecule has 2 aromatic rings. The van der Waals surface area contributed by atoms with Gasteiger partial charge in [0.15, 0.2) is 0 Å². The second kappa shape index (κ2) is 8.83. The first-order chi connectivity index (χ1) is 12.7. The van der Waals surface area contributed by atoms with Gasteiger partial charge in [-0.1, -0.05) is 47.5 Å². The van der Waals surface area contributed by atoms with Crippen molar-refractivity contribution in [3.8, 4) is 11.1 Å². The van der Waals surface area contributed by atoms with E-state index in [4.69, 9.17) is 33.4 Å². The molecule has 1 aromatic heterocycles. The third-order valence-electron chi connectivity index (χ3n) is 3.62. The molecule has 0 fully saturated rings. The fraction of sp³-hybridized carbons (Fsp3) is 0.118. The standard InChI is InChI=1S/C10H6Cl2N2O2.C7H8O4/c11-8-3-1-2-6(10(8)14(15)16)7-4-13-5-9(7)12;8-5-3-1-2-4(6(5)9)7(10)11/h1-5,13H;1-3,5-6,8-9H,(H,10,11)/p-1. The number of para-hydroxylation sites is 1. The van der Waals surface area contributed by atoms with Crippen molar-refractivity contribution in [1.82, 2.24) is 4.98 Å². The summed E-state index contributed by atoms with van der Waals surface area (Å²) in [6.07, 6.45) is 4.51. The summed E-state index contributed by atoms with van der Waals surface area (Å²) in [5.41, 5.74) is 0.547. The third-order valence-corrected chi connectivity index (χ3v) is 4.23. The number of aromatic nitrogens is 1. The summed E-state index contributed by atoms with van der Waals surface area (Å²) in [5.74, 6) is -1.46. The topological polar surface area (TPSA) is 140 Å². The second-order valence-corrected chi connectivity index (χ2v) is 6.15. The number of carbonyl (C=O) groups is 1. The van der Waals surface area contributed by atoms with E-state index in [9.17, 15) is 20.0 Å². The molecule has 10 heteroatoms. The van der Waals surface area contributed by atoms with Crippen LogP contribution in [-0.4, -0.2) is 38.3 Å². The maximum absolute atomic E-state index is 10.9. The van der Waals surface area contributed by atoms with Gasteiger partial charge in [-0.2, -0.15) is 0 Å². The number of nitrogens with one attached hydrogen (secondary N) is 1. The van der Waals surface area contributed by atoms with Crippen LogP contribution in [0.15, 0.2) is 54.4 Å². The molecule has 1 aromatic carbocycles. The smallest absolute Gasteiger partial charge is 0.295 e. The van der Waals surface area contributed by atoms with E-state index < -0.39 is 23.1 Å². The molecule has 0 amide bonds. The van der Waals surface area contributed by atoms with Crippen LogP contribution < -0.4 is 5.11 Å². The molecule has 0 spiro atoms. The lowest BCUT2D eigenvalue weighted by molar-refractivity contribution is -0.384. The minimum absolute atomic E-state index is 0.0970. The number of benzene rings is 1. The number of aliphatic carboxylic acids is 1. The number of carboxylic acid groups (broad SMARTS) is 1. The Morgan fingerprint density at radius 2 is 1.85 bits per heavy atom.